The molecule has 0 aromatic heterocycles. The maximum Gasteiger partial charge on any atom is 0.346 e. The van der Waals surface area contributed by atoms with Gasteiger partial charge in [0.15, 0.2) is 0 Å². The third-order valence-corrected chi connectivity index (χ3v) is 7.02. The van der Waals surface area contributed by atoms with Crippen LogP contribution in [0.25, 0.3) is 0 Å². The number of carbonyl (C=O) groups is 2. The number of esters is 1. The van der Waals surface area contributed by atoms with Gasteiger partial charge in [0.05, 0.1) is 0 Å². The van der Waals surface area contributed by atoms with Gasteiger partial charge in [-0.2, -0.15) is 0 Å². The lowest BCUT2D eigenvalue weighted by molar-refractivity contribution is -0.200. The second-order valence-corrected chi connectivity index (χ2v) is 8.84. The summed E-state index contributed by atoms with van der Waals surface area (Å²) in [6, 6.07) is 7.23. The van der Waals surface area contributed by atoms with Crippen molar-refractivity contribution < 1.29 is 19.4 Å². The van der Waals surface area contributed by atoms with E-state index in [0.717, 1.165) is 24.8 Å². The van der Waals surface area contributed by atoms with Gasteiger partial charge in [0, 0.05) is 5.56 Å². The number of fused-ring (bicyclic) bond motifs is 1. The van der Waals surface area contributed by atoms with Gasteiger partial charge in [0.2, 0.25) is 11.4 Å². The van der Waals surface area contributed by atoms with Crippen LogP contribution in [0.5, 0.6) is 0 Å². The van der Waals surface area contributed by atoms with E-state index in [1.54, 1.807) is 12.1 Å². The van der Waals surface area contributed by atoms with Crippen LogP contribution in [0, 0.1) is 17.8 Å². The Hall–Kier alpha value is -1.68. The van der Waals surface area contributed by atoms with Crippen LogP contribution in [0.1, 0.15) is 60.9 Å². The van der Waals surface area contributed by atoms with Crippen LogP contribution in [0.3, 0.4) is 0 Å². The summed E-state index contributed by atoms with van der Waals surface area (Å²) < 4.78 is 5.97. The van der Waals surface area contributed by atoms with Crippen LogP contribution in [0.2, 0.25) is 0 Å². The Morgan fingerprint density at radius 1 is 1.04 bits per heavy atom. The monoisotopic (exact) mass is 340 g/mol. The van der Waals surface area contributed by atoms with Crippen molar-refractivity contribution in [1.82, 2.24) is 0 Å². The van der Waals surface area contributed by atoms with Crippen molar-refractivity contribution in [3.8, 4) is 0 Å². The van der Waals surface area contributed by atoms with Gasteiger partial charge in [-0.05, 0) is 74.7 Å². The average molecular weight is 340 g/mol. The number of ketones is 1. The molecule has 0 radical (unpaired) electrons. The van der Waals surface area contributed by atoms with E-state index in [1.165, 1.54) is 19.3 Å². The number of aryl methyl sites for hydroxylation is 1. The highest BCUT2D eigenvalue weighted by Gasteiger charge is 2.56. The van der Waals surface area contributed by atoms with Crippen molar-refractivity contribution >= 4 is 11.8 Å². The summed E-state index contributed by atoms with van der Waals surface area (Å²) >= 11 is 0. The number of Topliss-reactive ketones (excluding diaryl/α,β-unsaturated/α-hetero) is 1. The van der Waals surface area contributed by atoms with Crippen LogP contribution < -0.4 is 0 Å². The van der Waals surface area contributed by atoms with Gasteiger partial charge in [-0.15, -0.1) is 0 Å². The van der Waals surface area contributed by atoms with Gasteiger partial charge in [-0.3, -0.25) is 4.79 Å². The minimum Gasteiger partial charge on any atom is -0.457 e. The standard InChI is InChI=1S/C21H24O4/c22-18-17-4-2-1-3-16(17)5-6-21(18,24)19(23)25-20-10-13-7-14(11-20)9-15(8-13)12-20/h1-4,13-15,24H,5-12H2/t13?,14?,15?,20?,21-/m1/s1. The van der Waals surface area contributed by atoms with E-state index in [0.29, 0.717) is 29.7 Å². The SMILES string of the molecule is O=C(OC12CC3CC(CC(C3)C1)C2)[C@@]1(O)CCc2ccccc2C1=O. The molecule has 0 unspecified atom stereocenters. The lowest BCUT2D eigenvalue weighted by Gasteiger charge is -2.56. The zero-order valence-corrected chi connectivity index (χ0v) is 14.4. The normalized spacial score (nSPS) is 41.5. The quantitative estimate of drug-likeness (QED) is 0.664. The number of rotatable bonds is 2. The number of ether oxygens (including phenoxy) is 1. The number of hydrogen-bond donors (Lipinski definition) is 1. The van der Waals surface area contributed by atoms with E-state index in [-0.39, 0.29) is 6.42 Å². The minimum absolute atomic E-state index is 0.119. The second-order valence-electron chi connectivity index (χ2n) is 8.84. The molecule has 0 spiro atoms. The highest BCUT2D eigenvalue weighted by atomic mass is 16.6. The molecule has 4 saturated carbocycles. The van der Waals surface area contributed by atoms with Crippen LogP contribution in [-0.4, -0.2) is 28.1 Å². The van der Waals surface area contributed by atoms with Gasteiger partial charge >= 0.3 is 5.97 Å². The van der Waals surface area contributed by atoms with Crippen molar-refractivity contribution in [2.24, 2.45) is 17.8 Å². The van der Waals surface area contributed by atoms with E-state index < -0.39 is 23.0 Å². The van der Waals surface area contributed by atoms with Crippen LogP contribution in [0.4, 0.5) is 0 Å². The van der Waals surface area contributed by atoms with E-state index in [2.05, 4.69) is 0 Å². The molecule has 4 fully saturated rings. The predicted molar refractivity (Wildman–Crippen MR) is 91.0 cm³/mol. The fourth-order valence-electron chi connectivity index (χ4n) is 6.24. The molecule has 1 N–H and O–H groups in total. The largest absolute Gasteiger partial charge is 0.457 e. The van der Waals surface area contributed by atoms with Crippen molar-refractivity contribution in [3.05, 3.63) is 35.4 Å². The molecule has 4 bridgehead atoms. The van der Waals surface area contributed by atoms with Crippen LogP contribution in [0.15, 0.2) is 24.3 Å². The zero-order valence-electron chi connectivity index (χ0n) is 14.4. The number of benzene rings is 1. The smallest absolute Gasteiger partial charge is 0.346 e. The van der Waals surface area contributed by atoms with Gasteiger partial charge in [-0.25, -0.2) is 4.79 Å². The molecule has 25 heavy (non-hydrogen) atoms. The molecule has 0 heterocycles. The first-order valence-corrected chi connectivity index (χ1v) is 9.56. The van der Waals surface area contributed by atoms with Crippen molar-refractivity contribution in [1.29, 1.82) is 0 Å². The predicted octanol–water partition coefficient (Wildman–Crippen LogP) is 3.06. The third kappa shape index (κ3) is 2.30. The Kier molecular flexibility index (Phi) is 3.22. The second kappa shape index (κ2) is 5.16. The highest BCUT2D eigenvalue weighted by molar-refractivity contribution is 6.16. The molecule has 4 heteroatoms. The van der Waals surface area contributed by atoms with Crippen molar-refractivity contribution in [2.45, 2.75) is 62.6 Å². The fraction of sp³-hybridized carbons (Fsp3) is 0.619. The van der Waals surface area contributed by atoms with Crippen molar-refractivity contribution in [2.75, 3.05) is 0 Å². The van der Waals surface area contributed by atoms with E-state index >= 15 is 0 Å². The Bertz CT molecular complexity index is 717. The molecular formula is C21H24O4. The first-order valence-electron chi connectivity index (χ1n) is 9.56. The first kappa shape index (κ1) is 15.6. The summed E-state index contributed by atoms with van der Waals surface area (Å²) in [4.78, 5) is 25.7. The van der Waals surface area contributed by atoms with E-state index in [4.69, 9.17) is 4.74 Å². The molecule has 0 aliphatic heterocycles. The van der Waals surface area contributed by atoms with Gasteiger partial charge in [-0.1, -0.05) is 24.3 Å². The molecule has 5 aliphatic rings. The summed E-state index contributed by atoms with van der Waals surface area (Å²) in [6.07, 6.45) is 7.14. The molecule has 1 atom stereocenters. The molecule has 132 valence electrons. The Labute approximate surface area is 147 Å². The molecule has 0 saturated heterocycles. The fourth-order valence-corrected chi connectivity index (χ4v) is 6.24. The summed E-state index contributed by atoms with van der Waals surface area (Å²) in [7, 11) is 0. The van der Waals surface area contributed by atoms with Crippen molar-refractivity contribution in [3.63, 3.8) is 0 Å². The molecule has 4 nitrogen and oxygen atoms in total. The summed E-state index contributed by atoms with van der Waals surface area (Å²) in [5.41, 5.74) is -1.09. The molecular weight excluding hydrogens is 316 g/mol. The van der Waals surface area contributed by atoms with Gasteiger partial charge in [0.25, 0.3) is 0 Å². The molecule has 5 aliphatic carbocycles. The van der Waals surface area contributed by atoms with Gasteiger partial charge in [0.1, 0.15) is 5.60 Å². The Morgan fingerprint density at radius 3 is 2.28 bits per heavy atom. The van der Waals surface area contributed by atoms with Gasteiger partial charge < -0.3 is 9.84 Å². The molecule has 1 aromatic rings. The lowest BCUT2D eigenvalue weighted by Crippen LogP contribution is -2.58. The van der Waals surface area contributed by atoms with Crippen LogP contribution >= 0.6 is 0 Å². The third-order valence-electron chi connectivity index (χ3n) is 7.02. The maximum atomic E-state index is 12.9. The first-order chi connectivity index (χ1) is 12.0. The zero-order chi connectivity index (χ0) is 17.2. The van der Waals surface area contributed by atoms with E-state index in [1.807, 2.05) is 12.1 Å². The van der Waals surface area contributed by atoms with Crippen LogP contribution in [-0.2, 0) is 16.0 Å². The minimum atomic E-state index is -2.02. The maximum absolute atomic E-state index is 12.9. The molecule has 1 aromatic carbocycles. The summed E-state index contributed by atoms with van der Waals surface area (Å²) in [6.45, 7) is 0. The number of aliphatic hydroxyl groups is 1. The number of carbonyl (C=O) groups excluding carboxylic acids is 2. The lowest BCUT2D eigenvalue weighted by atomic mass is 9.54. The summed E-state index contributed by atoms with van der Waals surface area (Å²) in [5.74, 6) is 0.738. The Balaban J connectivity index is 1.41. The summed E-state index contributed by atoms with van der Waals surface area (Å²) in [5, 5.41) is 10.9. The number of hydrogen-bond acceptors (Lipinski definition) is 4. The highest BCUT2D eigenvalue weighted by Crippen LogP contribution is 2.57. The average Bonchev–Trinajstić information content (AvgIpc) is 2.57. The molecule has 0 amide bonds. The molecule has 6 rings (SSSR count). The Morgan fingerprint density at radius 2 is 1.64 bits per heavy atom. The van der Waals surface area contributed by atoms with E-state index in [9.17, 15) is 14.7 Å². The topological polar surface area (TPSA) is 63.6 Å².